The number of aromatic nitrogens is 6. The molecule has 0 bridgehead atoms. The highest BCUT2D eigenvalue weighted by atomic mass is 35.5. The zero-order valence-electron chi connectivity index (χ0n) is 11.8. The van der Waals surface area contributed by atoms with Crippen LogP contribution < -0.4 is 4.90 Å². The van der Waals surface area contributed by atoms with E-state index in [2.05, 4.69) is 36.9 Å². The average molecular weight is 310 g/mol. The zero-order chi connectivity index (χ0) is 14.8. The van der Waals surface area contributed by atoms with Crippen LogP contribution in [0.15, 0.2) is 12.7 Å². The van der Waals surface area contributed by atoms with Crippen LogP contribution in [0.4, 0.5) is 5.95 Å². The normalized spacial score (nSPS) is 22.5. The molecule has 1 aliphatic rings. The Labute approximate surface area is 127 Å². The third kappa shape index (κ3) is 2.96. The quantitative estimate of drug-likeness (QED) is 0.840. The second-order valence-electron chi connectivity index (χ2n) is 4.90. The van der Waals surface area contributed by atoms with E-state index in [1.165, 1.54) is 17.3 Å². The third-order valence-electron chi connectivity index (χ3n) is 3.40. The maximum absolute atomic E-state index is 6.03. The van der Waals surface area contributed by atoms with Gasteiger partial charge in [-0.05, 0) is 24.9 Å². The van der Waals surface area contributed by atoms with Crippen LogP contribution in [-0.4, -0.2) is 55.0 Å². The first kappa shape index (κ1) is 14.2. The van der Waals surface area contributed by atoms with E-state index in [0.717, 1.165) is 13.0 Å². The average Bonchev–Trinajstić information content (AvgIpc) is 3.01. The molecule has 8 nitrogen and oxygen atoms in total. The molecule has 21 heavy (non-hydrogen) atoms. The Kier molecular flexibility index (Phi) is 3.98. The molecule has 3 rings (SSSR count). The van der Waals surface area contributed by atoms with Gasteiger partial charge in [0.1, 0.15) is 12.7 Å². The van der Waals surface area contributed by atoms with Crippen molar-refractivity contribution in [3.8, 4) is 5.95 Å². The smallest absolute Gasteiger partial charge is 0.258 e. The van der Waals surface area contributed by atoms with Gasteiger partial charge < -0.3 is 9.64 Å². The molecule has 2 aromatic rings. The van der Waals surface area contributed by atoms with E-state index < -0.39 is 0 Å². The zero-order valence-corrected chi connectivity index (χ0v) is 12.6. The molecular weight excluding hydrogens is 294 g/mol. The predicted octanol–water partition coefficient (Wildman–Crippen LogP) is 1.11. The van der Waals surface area contributed by atoms with Gasteiger partial charge in [-0.3, -0.25) is 0 Å². The van der Waals surface area contributed by atoms with E-state index in [9.17, 15) is 0 Å². The minimum Gasteiger partial charge on any atom is -0.375 e. The van der Waals surface area contributed by atoms with Gasteiger partial charge in [0, 0.05) is 6.54 Å². The predicted molar refractivity (Wildman–Crippen MR) is 76.6 cm³/mol. The van der Waals surface area contributed by atoms with Crippen molar-refractivity contribution in [3.63, 3.8) is 0 Å². The monoisotopic (exact) mass is 309 g/mol. The maximum Gasteiger partial charge on any atom is 0.258 e. The summed E-state index contributed by atoms with van der Waals surface area (Å²) in [6.07, 6.45) is 4.00. The van der Waals surface area contributed by atoms with Gasteiger partial charge in [0.2, 0.25) is 11.2 Å². The van der Waals surface area contributed by atoms with Gasteiger partial charge in [-0.25, -0.2) is 4.98 Å². The van der Waals surface area contributed by atoms with Gasteiger partial charge in [-0.1, -0.05) is 6.92 Å². The summed E-state index contributed by atoms with van der Waals surface area (Å²) in [5.74, 6) is 0.902. The lowest BCUT2D eigenvalue weighted by Gasteiger charge is -2.38. The molecule has 2 aromatic heterocycles. The molecule has 0 spiro atoms. The summed E-state index contributed by atoms with van der Waals surface area (Å²) >= 11 is 6.03. The van der Waals surface area contributed by atoms with Crippen molar-refractivity contribution in [3.05, 3.63) is 17.9 Å². The van der Waals surface area contributed by atoms with E-state index in [1.54, 1.807) is 0 Å². The molecule has 1 saturated heterocycles. The highest BCUT2D eigenvalue weighted by Crippen LogP contribution is 2.21. The molecule has 0 aromatic carbocycles. The summed E-state index contributed by atoms with van der Waals surface area (Å²) < 4.78 is 7.15. The minimum absolute atomic E-state index is 0.123. The van der Waals surface area contributed by atoms with Crippen LogP contribution >= 0.6 is 11.6 Å². The summed E-state index contributed by atoms with van der Waals surface area (Å²) in [6, 6.07) is 0.225. The van der Waals surface area contributed by atoms with Crippen molar-refractivity contribution in [2.24, 2.45) is 0 Å². The number of halogens is 1. The van der Waals surface area contributed by atoms with Crippen molar-refractivity contribution in [2.45, 2.75) is 32.4 Å². The highest BCUT2D eigenvalue weighted by molar-refractivity contribution is 6.28. The molecule has 0 amide bonds. The molecule has 0 saturated carbocycles. The molecular formula is C12H16ClN7O. The van der Waals surface area contributed by atoms with E-state index in [-0.39, 0.29) is 17.4 Å². The molecule has 9 heteroatoms. The van der Waals surface area contributed by atoms with Crippen LogP contribution in [0, 0.1) is 0 Å². The number of hydrogen-bond acceptors (Lipinski definition) is 7. The van der Waals surface area contributed by atoms with Crippen LogP contribution in [0.2, 0.25) is 5.28 Å². The van der Waals surface area contributed by atoms with Crippen LogP contribution in [0.5, 0.6) is 0 Å². The molecule has 0 N–H and O–H groups in total. The largest absolute Gasteiger partial charge is 0.375 e. The lowest BCUT2D eigenvalue weighted by Crippen LogP contribution is -2.49. The van der Waals surface area contributed by atoms with Crippen molar-refractivity contribution in [2.75, 3.05) is 18.1 Å². The van der Waals surface area contributed by atoms with E-state index in [4.69, 9.17) is 16.3 Å². The van der Waals surface area contributed by atoms with Crippen LogP contribution in [0.3, 0.4) is 0 Å². The maximum atomic E-state index is 6.03. The lowest BCUT2D eigenvalue weighted by molar-refractivity contribution is 0.0292. The minimum atomic E-state index is 0.123. The third-order valence-corrected chi connectivity index (χ3v) is 3.57. The summed E-state index contributed by atoms with van der Waals surface area (Å²) in [4.78, 5) is 18.8. The number of ether oxygens (including phenoxy) is 1. The standard InChI is InChI=1S/C12H16ClN7O/c1-3-9-5-21-8(2)4-19(9)11-16-10(13)17-12(18-11)20-7-14-6-15-20/h6-9H,3-5H2,1-2H3. The topological polar surface area (TPSA) is 81.9 Å². The van der Waals surface area contributed by atoms with Gasteiger partial charge >= 0.3 is 0 Å². The molecule has 112 valence electrons. The Morgan fingerprint density at radius 1 is 1.33 bits per heavy atom. The number of anilines is 1. The highest BCUT2D eigenvalue weighted by Gasteiger charge is 2.28. The van der Waals surface area contributed by atoms with Crippen LogP contribution in [0.25, 0.3) is 5.95 Å². The lowest BCUT2D eigenvalue weighted by atomic mass is 10.1. The van der Waals surface area contributed by atoms with Crippen molar-refractivity contribution < 1.29 is 4.74 Å². The van der Waals surface area contributed by atoms with Gasteiger partial charge in [-0.2, -0.15) is 24.7 Å². The number of morpholine rings is 1. The second-order valence-corrected chi connectivity index (χ2v) is 5.24. The summed E-state index contributed by atoms with van der Waals surface area (Å²) in [7, 11) is 0. The SMILES string of the molecule is CCC1COC(C)CN1c1nc(Cl)nc(-n2cncn2)n1. The number of hydrogen-bond donors (Lipinski definition) is 0. The Balaban J connectivity index is 1.97. The van der Waals surface area contributed by atoms with Crippen molar-refractivity contribution >= 4 is 17.5 Å². The van der Waals surface area contributed by atoms with Crippen LogP contribution in [-0.2, 0) is 4.74 Å². The molecule has 0 aliphatic carbocycles. The molecule has 1 aliphatic heterocycles. The van der Waals surface area contributed by atoms with Gasteiger partial charge in [0.15, 0.2) is 0 Å². The number of nitrogens with zero attached hydrogens (tertiary/aromatic N) is 7. The summed E-state index contributed by atoms with van der Waals surface area (Å²) in [5, 5.41) is 4.16. The Morgan fingerprint density at radius 2 is 2.14 bits per heavy atom. The van der Waals surface area contributed by atoms with Crippen molar-refractivity contribution in [1.82, 2.24) is 29.7 Å². The summed E-state index contributed by atoms with van der Waals surface area (Å²) in [6.45, 7) is 5.51. The first-order chi connectivity index (χ1) is 10.2. The molecule has 1 fully saturated rings. The van der Waals surface area contributed by atoms with Crippen LogP contribution in [0.1, 0.15) is 20.3 Å². The Bertz CT molecular complexity index is 606. The van der Waals surface area contributed by atoms with Gasteiger partial charge in [-0.15, -0.1) is 0 Å². The van der Waals surface area contributed by atoms with Crippen molar-refractivity contribution in [1.29, 1.82) is 0 Å². The Morgan fingerprint density at radius 3 is 2.86 bits per heavy atom. The second kappa shape index (κ2) is 5.90. The fraction of sp³-hybridized carbons (Fsp3) is 0.583. The fourth-order valence-corrected chi connectivity index (χ4v) is 2.45. The van der Waals surface area contributed by atoms with E-state index >= 15 is 0 Å². The first-order valence-corrected chi connectivity index (χ1v) is 7.20. The number of rotatable bonds is 3. The summed E-state index contributed by atoms with van der Waals surface area (Å²) in [5.41, 5.74) is 0. The van der Waals surface area contributed by atoms with E-state index in [0.29, 0.717) is 18.5 Å². The molecule has 0 radical (unpaired) electrons. The molecule has 3 heterocycles. The first-order valence-electron chi connectivity index (χ1n) is 6.82. The van der Waals surface area contributed by atoms with E-state index in [1.807, 2.05) is 6.92 Å². The Hall–Kier alpha value is -1.80. The molecule has 2 unspecified atom stereocenters. The fourth-order valence-electron chi connectivity index (χ4n) is 2.30. The van der Waals surface area contributed by atoms with Gasteiger partial charge in [0.05, 0.1) is 18.8 Å². The van der Waals surface area contributed by atoms with Gasteiger partial charge in [0.25, 0.3) is 5.95 Å². The molecule has 2 atom stereocenters.